The summed E-state index contributed by atoms with van der Waals surface area (Å²) in [6, 6.07) is 0.488. The number of hydrogen-bond donors (Lipinski definition) is 1. The minimum absolute atomic E-state index is 0.307. The number of hydrogen-bond acceptors (Lipinski definition) is 2. The predicted octanol–water partition coefficient (Wildman–Crippen LogP) is 3.44. The second kappa shape index (κ2) is 7.13. The number of piperidine rings is 1. The van der Waals surface area contributed by atoms with E-state index in [-0.39, 0.29) is 0 Å². The van der Waals surface area contributed by atoms with E-state index in [1.165, 1.54) is 25.7 Å². The van der Waals surface area contributed by atoms with Crippen LogP contribution in [0.25, 0.3) is 0 Å². The topological polar surface area (TPSA) is 32.3 Å². The van der Waals surface area contributed by atoms with E-state index in [9.17, 15) is 4.79 Å². The quantitative estimate of drug-likeness (QED) is 0.814. The minimum Gasteiger partial charge on any atom is -0.341 e. The summed E-state index contributed by atoms with van der Waals surface area (Å²) in [6.45, 7) is 11.8. The Bertz CT molecular complexity index is 344. The molecule has 1 heterocycles. The van der Waals surface area contributed by atoms with Crippen LogP contribution >= 0.6 is 0 Å². The Kier molecular flexibility index (Phi) is 5.70. The van der Waals surface area contributed by atoms with Crippen molar-refractivity contribution >= 4 is 5.91 Å². The van der Waals surface area contributed by atoms with Gasteiger partial charge in [-0.15, -0.1) is 0 Å². The summed E-state index contributed by atoms with van der Waals surface area (Å²) >= 11 is 0. The first-order valence-corrected chi connectivity index (χ1v) is 8.88. The number of likely N-dealkylation sites (tertiary alicyclic amines) is 1. The van der Waals surface area contributed by atoms with Gasteiger partial charge in [0.15, 0.2) is 0 Å². The molecule has 0 radical (unpaired) electrons. The van der Waals surface area contributed by atoms with Gasteiger partial charge in [-0.2, -0.15) is 0 Å². The third-order valence-electron chi connectivity index (χ3n) is 4.64. The SMILES string of the molecule is CCCC(=O)N1CC(CC2CC2)CC(NCC(C)(C)C)C1. The van der Waals surface area contributed by atoms with E-state index in [2.05, 4.69) is 37.9 Å². The van der Waals surface area contributed by atoms with Crippen molar-refractivity contribution in [3.8, 4) is 0 Å². The number of carbonyl (C=O) groups is 1. The van der Waals surface area contributed by atoms with Crippen LogP contribution in [0, 0.1) is 17.3 Å². The molecule has 2 fully saturated rings. The lowest BCUT2D eigenvalue weighted by Gasteiger charge is -2.39. The molecule has 122 valence electrons. The van der Waals surface area contributed by atoms with Crippen LogP contribution in [0.15, 0.2) is 0 Å². The van der Waals surface area contributed by atoms with Crippen LogP contribution in [0.5, 0.6) is 0 Å². The zero-order chi connectivity index (χ0) is 15.5. The summed E-state index contributed by atoms with van der Waals surface area (Å²) in [7, 11) is 0. The third-order valence-corrected chi connectivity index (χ3v) is 4.64. The molecule has 1 N–H and O–H groups in total. The summed E-state index contributed by atoms with van der Waals surface area (Å²) in [5.41, 5.74) is 0.307. The van der Waals surface area contributed by atoms with Crippen molar-refractivity contribution in [3.63, 3.8) is 0 Å². The van der Waals surface area contributed by atoms with E-state index in [0.717, 1.165) is 32.0 Å². The van der Waals surface area contributed by atoms with E-state index in [0.29, 0.717) is 29.7 Å². The standard InChI is InChI=1S/C18H34N2O/c1-5-6-17(21)20-11-15(9-14-7-8-14)10-16(12-20)19-13-18(2,3)4/h14-16,19H,5-13H2,1-4H3. The van der Waals surface area contributed by atoms with E-state index >= 15 is 0 Å². The molecule has 1 amide bonds. The van der Waals surface area contributed by atoms with E-state index < -0.39 is 0 Å². The lowest BCUT2D eigenvalue weighted by molar-refractivity contribution is -0.133. The first-order valence-electron chi connectivity index (χ1n) is 8.88. The molecule has 0 spiro atoms. The average Bonchev–Trinajstić information content (AvgIpc) is 3.19. The van der Waals surface area contributed by atoms with Crippen LogP contribution in [0.4, 0.5) is 0 Å². The largest absolute Gasteiger partial charge is 0.341 e. The molecule has 2 unspecified atom stereocenters. The first-order chi connectivity index (χ1) is 9.87. The van der Waals surface area contributed by atoms with Crippen LogP contribution in [-0.4, -0.2) is 36.5 Å². The maximum absolute atomic E-state index is 12.3. The molecule has 0 aromatic heterocycles. The molecular weight excluding hydrogens is 260 g/mol. The first kappa shape index (κ1) is 16.8. The van der Waals surface area contributed by atoms with Gasteiger partial charge in [0.05, 0.1) is 0 Å². The third kappa shape index (κ3) is 5.98. The summed E-state index contributed by atoms with van der Waals surface area (Å²) in [6.07, 6.45) is 7.09. The Morgan fingerprint density at radius 3 is 2.48 bits per heavy atom. The van der Waals surface area contributed by atoms with Gasteiger partial charge in [0.2, 0.25) is 5.91 Å². The number of rotatable bonds is 6. The second-order valence-electron chi connectivity index (χ2n) is 8.47. The molecule has 1 aliphatic heterocycles. The van der Waals surface area contributed by atoms with Crippen molar-refractivity contribution in [1.82, 2.24) is 10.2 Å². The van der Waals surface area contributed by atoms with Crippen molar-refractivity contribution in [2.45, 2.75) is 72.3 Å². The van der Waals surface area contributed by atoms with Crippen molar-refractivity contribution in [1.29, 1.82) is 0 Å². The lowest BCUT2D eigenvalue weighted by atomic mass is 9.88. The molecule has 2 aliphatic rings. The number of nitrogens with zero attached hydrogens (tertiary/aromatic N) is 1. The molecule has 3 nitrogen and oxygen atoms in total. The smallest absolute Gasteiger partial charge is 0.222 e. The van der Waals surface area contributed by atoms with Gasteiger partial charge in [0, 0.05) is 32.1 Å². The average molecular weight is 294 g/mol. The highest BCUT2D eigenvalue weighted by molar-refractivity contribution is 5.76. The molecule has 1 saturated carbocycles. The van der Waals surface area contributed by atoms with Gasteiger partial charge in [0.1, 0.15) is 0 Å². The van der Waals surface area contributed by atoms with Gasteiger partial charge in [-0.05, 0) is 36.5 Å². The Morgan fingerprint density at radius 1 is 1.19 bits per heavy atom. The van der Waals surface area contributed by atoms with Crippen molar-refractivity contribution in [3.05, 3.63) is 0 Å². The monoisotopic (exact) mass is 294 g/mol. The number of amides is 1. The van der Waals surface area contributed by atoms with E-state index in [4.69, 9.17) is 0 Å². The number of carbonyl (C=O) groups excluding carboxylic acids is 1. The zero-order valence-corrected chi connectivity index (χ0v) is 14.5. The fraction of sp³-hybridized carbons (Fsp3) is 0.944. The van der Waals surface area contributed by atoms with Gasteiger partial charge in [-0.3, -0.25) is 4.79 Å². The van der Waals surface area contributed by atoms with Crippen LogP contribution in [-0.2, 0) is 4.79 Å². The molecular formula is C18H34N2O. The summed E-state index contributed by atoms with van der Waals surface area (Å²) in [5.74, 6) is 2.03. The Labute approximate surface area is 130 Å². The minimum atomic E-state index is 0.307. The molecule has 0 aromatic carbocycles. The highest BCUT2D eigenvalue weighted by Gasteiger charge is 2.33. The Balaban J connectivity index is 1.90. The summed E-state index contributed by atoms with van der Waals surface area (Å²) in [5, 5.41) is 3.72. The van der Waals surface area contributed by atoms with Crippen LogP contribution in [0.1, 0.15) is 66.2 Å². The van der Waals surface area contributed by atoms with Gasteiger partial charge < -0.3 is 10.2 Å². The van der Waals surface area contributed by atoms with Gasteiger partial charge >= 0.3 is 0 Å². The van der Waals surface area contributed by atoms with Gasteiger partial charge in [-0.1, -0.05) is 40.5 Å². The predicted molar refractivity (Wildman–Crippen MR) is 88.2 cm³/mol. The Morgan fingerprint density at radius 2 is 1.90 bits per heavy atom. The molecule has 3 heteroatoms. The summed E-state index contributed by atoms with van der Waals surface area (Å²) in [4.78, 5) is 14.4. The molecule has 0 bridgehead atoms. The van der Waals surface area contributed by atoms with Crippen molar-refractivity contribution in [2.24, 2.45) is 17.3 Å². The van der Waals surface area contributed by atoms with Crippen LogP contribution in [0.2, 0.25) is 0 Å². The Hall–Kier alpha value is -0.570. The summed E-state index contributed by atoms with van der Waals surface area (Å²) < 4.78 is 0. The normalized spacial score (nSPS) is 27.0. The van der Waals surface area contributed by atoms with Gasteiger partial charge in [-0.25, -0.2) is 0 Å². The highest BCUT2D eigenvalue weighted by Crippen LogP contribution is 2.38. The van der Waals surface area contributed by atoms with Crippen LogP contribution < -0.4 is 5.32 Å². The molecule has 1 aliphatic carbocycles. The number of nitrogens with one attached hydrogen (secondary N) is 1. The van der Waals surface area contributed by atoms with E-state index in [1.807, 2.05) is 0 Å². The highest BCUT2D eigenvalue weighted by atomic mass is 16.2. The molecule has 21 heavy (non-hydrogen) atoms. The van der Waals surface area contributed by atoms with Crippen LogP contribution in [0.3, 0.4) is 0 Å². The maximum Gasteiger partial charge on any atom is 0.222 e. The molecule has 1 saturated heterocycles. The van der Waals surface area contributed by atoms with Gasteiger partial charge in [0.25, 0.3) is 0 Å². The molecule has 2 rings (SSSR count). The van der Waals surface area contributed by atoms with Crippen molar-refractivity contribution in [2.75, 3.05) is 19.6 Å². The molecule has 0 aromatic rings. The van der Waals surface area contributed by atoms with Crippen molar-refractivity contribution < 1.29 is 4.79 Å². The lowest BCUT2D eigenvalue weighted by Crippen LogP contribution is -2.52. The fourth-order valence-corrected chi connectivity index (χ4v) is 3.37. The second-order valence-corrected chi connectivity index (χ2v) is 8.47. The molecule has 2 atom stereocenters. The zero-order valence-electron chi connectivity index (χ0n) is 14.5. The van der Waals surface area contributed by atoms with E-state index in [1.54, 1.807) is 0 Å². The maximum atomic E-state index is 12.3. The fourth-order valence-electron chi connectivity index (χ4n) is 3.37.